The van der Waals surface area contributed by atoms with Gasteiger partial charge in [0.15, 0.2) is 23.3 Å². The first-order valence-corrected chi connectivity index (χ1v) is 4.32. The first kappa shape index (κ1) is 13.1. The number of primary amides is 1. The molecule has 0 bridgehead atoms. The molecule has 0 spiro atoms. The summed E-state index contributed by atoms with van der Waals surface area (Å²) in [4.78, 5) is 10.3. The molecule has 1 aromatic rings. The molecular formula is C10H6F5NO. The van der Waals surface area contributed by atoms with Crippen LogP contribution in [0.25, 0.3) is 6.08 Å². The smallest absolute Gasteiger partial charge is 0.221 e. The van der Waals surface area contributed by atoms with Crippen LogP contribution in [0.5, 0.6) is 0 Å². The molecule has 0 heterocycles. The molecule has 2 nitrogen and oxygen atoms in total. The molecule has 2 N–H and O–H groups in total. The Bertz CT molecular complexity index is 469. The van der Waals surface area contributed by atoms with Crippen LogP contribution in [0.1, 0.15) is 12.0 Å². The van der Waals surface area contributed by atoms with Gasteiger partial charge in [0.2, 0.25) is 11.7 Å². The maximum absolute atomic E-state index is 13.0. The Morgan fingerprint density at radius 2 is 1.35 bits per heavy atom. The Labute approximate surface area is 92.5 Å². The third kappa shape index (κ3) is 2.61. The molecule has 1 rings (SSSR count). The molecule has 0 aliphatic rings. The van der Waals surface area contributed by atoms with E-state index in [0.717, 1.165) is 6.08 Å². The van der Waals surface area contributed by atoms with Gasteiger partial charge in [0.25, 0.3) is 0 Å². The third-order valence-corrected chi connectivity index (χ3v) is 1.85. The highest BCUT2D eigenvalue weighted by Gasteiger charge is 2.23. The van der Waals surface area contributed by atoms with Gasteiger partial charge in [-0.3, -0.25) is 4.79 Å². The first-order valence-electron chi connectivity index (χ1n) is 4.32. The summed E-state index contributed by atoms with van der Waals surface area (Å²) in [5, 5.41) is 0. The summed E-state index contributed by atoms with van der Waals surface area (Å²) in [5.74, 6) is -11.0. The molecule has 7 heteroatoms. The van der Waals surface area contributed by atoms with Crippen LogP contribution < -0.4 is 5.73 Å². The number of amides is 1. The molecular weight excluding hydrogens is 245 g/mol. The number of carbonyl (C=O) groups is 1. The van der Waals surface area contributed by atoms with Gasteiger partial charge in [-0.25, -0.2) is 22.0 Å². The lowest BCUT2D eigenvalue weighted by molar-refractivity contribution is -0.117. The highest BCUT2D eigenvalue weighted by molar-refractivity contribution is 5.76. The molecule has 0 aliphatic heterocycles. The molecule has 1 amide bonds. The van der Waals surface area contributed by atoms with Gasteiger partial charge in [-0.2, -0.15) is 0 Å². The molecule has 0 radical (unpaired) electrons. The molecule has 0 saturated carbocycles. The lowest BCUT2D eigenvalue weighted by Gasteiger charge is -2.03. The minimum absolute atomic E-state index is 0.376. The van der Waals surface area contributed by atoms with Gasteiger partial charge in [0.05, 0.1) is 5.56 Å². The van der Waals surface area contributed by atoms with Crippen LogP contribution in [-0.2, 0) is 4.79 Å². The van der Waals surface area contributed by atoms with Crippen molar-refractivity contribution >= 4 is 12.0 Å². The minimum Gasteiger partial charge on any atom is -0.369 e. The Morgan fingerprint density at radius 3 is 1.76 bits per heavy atom. The fourth-order valence-electron chi connectivity index (χ4n) is 1.06. The second-order valence-corrected chi connectivity index (χ2v) is 3.06. The van der Waals surface area contributed by atoms with Crippen LogP contribution in [0.15, 0.2) is 6.08 Å². The van der Waals surface area contributed by atoms with Crippen molar-refractivity contribution in [3.05, 3.63) is 40.7 Å². The van der Waals surface area contributed by atoms with Gasteiger partial charge in [0, 0.05) is 6.42 Å². The van der Waals surface area contributed by atoms with E-state index in [1.807, 2.05) is 0 Å². The third-order valence-electron chi connectivity index (χ3n) is 1.85. The molecule has 92 valence electrons. The van der Waals surface area contributed by atoms with Crippen LogP contribution in [0.3, 0.4) is 0 Å². The summed E-state index contributed by atoms with van der Waals surface area (Å²) >= 11 is 0. The summed E-state index contributed by atoms with van der Waals surface area (Å²) in [6, 6.07) is 0. The normalized spacial score (nSPS) is 11.1. The predicted octanol–water partition coefficient (Wildman–Crippen LogP) is 2.27. The lowest BCUT2D eigenvalue weighted by Crippen LogP contribution is -2.08. The van der Waals surface area contributed by atoms with Crippen molar-refractivity contribution in [1.82, 2.24) is 0 Å². The number of benzene rings is 1. The Balaban J connectivity index is 3.25. The van der Waals surface area contributed by atoms with Crippen molar-refractivity contribution in [3.8, 4) is 0 Å². The summed E-state index contributed by atoms with van der Waals surface area (Å²) < 4.78 is 64.1. The molecule has 0 fully saturated rings. The standard InChI is InChI=1S/C10H6F5NO/c11-6-4(2-1-3-5(16)17)7(12)9(14)10(15)8(6)13/h1-2H,3H2,(H2,16,17). The molecule has 0 atom stereocenters. The molecule has 17 heavy (non-hydrogen) atoms. The number of rotatable bonds is 3. The SMILES string of the molecule is NC(=O)CC=Cc1c(F)c(F)c(F)c(F)c1F. The number of halogens is 5. The van der Waals surface area contributed by atoms with Crippen LogP contribution in [0, 0.1) is 29.1 Å². The van der Waals surface area contributed by atoms with Crippen molar-refractivity contribution in [2.24, 2.45) is 5.73 Å². The van der Waals surface area contributed by atoms with E-state index >= 15 is 0 Å². The molecule has 0 saturated heterocycles. The van der Waals surface area contributed by atoms with Crippen molar-refractivity contribution in [2.45, 2.75) is 6.42 Å². The lowest BCUT2D eigenvalue weighted by atomic mass is 10.1. The summed E-state index contributed by atoms with van der Waals surface area (Å²) in [5.41, 5.74) is 3.62. The Hall–Kier alpha value is -1.92. The van der Waals surface area contributed by atoms with E-state index in [4.69, 9.17) is 5.73 Å². The minimum atomic E-state index is -2.23. The molecule has 1 aromatic carbocycles. The first-order chi connectivity index (χ1) is 7.86. The number of carbonyl (C=O) groups excluding carboxylic acids is 1. The highest BCUT2D eigenvalue weighted by atomic mass is 19.2. The van der Waals surface area contributed by atoms with E-state index in [9.17, 15) is 26.7 Å². The maximum Gasteiger partial charge on any atom is 0.221 e. The Morgan fingerprint density at radius 1 is 0.941 bits per heavy atom. The summed E-state index contributed by atoms with van der Waals surface area (Å²) in [7, 11) is 0. The summed E-state index contributed by atoms with van der Waals surface area (Å²) in [6.45, 7) is 0. The zero-order valence-electron chi connectivity index (χ0n) is 8.24. The van der Waals surface area contributed by atoms with E-state index in [-0.39, 0.29) is 6.42 Å². The Kier molecular flexibility index (Phi) is 3.82. The average Bonchev–Trinajstić information content (AvgIpc) is 2.28. The second-order valence-electron chi connectivity index (χ2n) is 3.06. The molecule has 0 aromatic heterocycles. The largest absolute Gasteiger partial charge is 0.369 e. The van der Waals surface area contributed by atoms with Gasteiger partial charge < -0.3 is 5.73 Å². The highest BCUT2D eigenvalue weighted by Crippen LogP contribution is 2.23. The fraction of sp³-hybridized carbons (Fsp3) is 0.100. The van der Waals surface area contributed by atoms with Crippen LogP contribution in [-0.4, -0.2) is 5.91 Å². The van der Waals surface area contributed by atoms with E-state index in [1.54, 1.807) is 0 Å². The summed E-state index contributed by atoms with van der Waals surface area (Å²) in [6.07, 6.45) is 1.14. The van der Waals surface area contributed by atoms with E-state index < -0.39 is 40.6 Å². The zero-order chi connectivity index (χ0) is 13.2. The monoisotopic (exact) mass is 251 g/mol. The average molecular weight is 251 g/mol. The van der Waals surface area contributed by atoms with Crippen LogP contribution >= 0.6 is 0 Å². The van der Waals surface area contributed by atoms with Crippen molar-refractivity contribution in [3.63, 3.8) is 0 Å². The number of nitrogens with two attached hydrogens (primary N) is 1. The van der Waals surface area contributed by atoms with Crippen molar-refractivity contribution < 1.29 is 26.7 Å². The van der Waals surface area contributed by atoms with Crippen LogP contribution in [0.2, 0.25) is 0 Å². The second kappa shape index (κ2) is 4.94. The topological polar surface area (TPSA) is 43.1 Å². The van der Waals surface area contributed by atoms with E-state index in [2.05, 4.69) is 0 Å². The van der Waals surface area contributed by atoms with Gasteiger partial charge in [-0.1, -0.05) is 12.2 Å². The van der Waals surface area contributed by atoms with E-state index in [0.29, 0.717) is 6.08 Å². The van der Waals surface area contributed by atoms with Gasteiger partial charge in [0.1, 0.15) is 0 Å². The maximum atomic E-state index is 13.0. The van der Waals surface area contributed by atoms with Crippen LogP contribution in [0.4, 0.5) is 22.0 Å². The van der Waals surface area contributed by atoms with Gasteiger partial charge >= 0.3 is 0 Å². The van der Waals surface area contributed by atoms with Gasteiger partial charge in [-0.15, -0.1) is 0 Å². The molecule has 0 unspecified atom stereocenters. The number of hydrogen-bond acceptors (Lipinski definition) is 1. The quantitative estimate of drug-likeness (QED) is 0.500. The zero-order valence-corrected chi connectivity index (χ0v) is 8.24. The molecule has 0 aliphatic carbocycles. The van der Waals surface area contributed by atoms with E-state index in [1.165, 1.54) is 0 Å². The predicted molar refractivity (Wildman–Crippen MR) is 49.1 cm³/mol. The van der Waals surface area contributed by atoms with Crippen molar-refractivity contribution in [2.75, 3.05) is 0 Å². The fourth-order valence-corrected chi connectivity index (χ4v) is 1.06. The van der Waals surface area contributed by atoms with Crippen molar-refractivity contribution in [1.29, 1.82) is 0 Å². The van der Waals surface area contributed by atoms with Gasteiger partial charge in [-0.05, 0) is 0 Å². The number of hydrogen-bond donors (Lipinski definition) is 1.